The number of nitrogens with one attached hydrogen (secondary N) is 1. The molecule has 16 heavy (non-hydrogen) atoms. The standard InChI is InChI=1S/C10H15N3O2S/c14-9(10-12-2-8-16-10)11-1-3-13-4-6-15-7-5-13/h2,8H,1,3-7H2,(H,11,14). The molecule has 1 saturated heterocycles. The molecule has 0 aromatic carbocycles. The lowest BCUT2D eigenvalue weighted by molar-refractivity contribution is 0.0383. The fraction of sp³-hybridized carbons (Fsp3) is 0.600. The maximum Gasteiger partial charge on any atom is 0.280 e. The maximum absolute atomic E-state index is 11.5. The Morgan fingerprint density at radius 2 is 2.38 bits per heavy atom. The molecule has 0 bridgehead atoms. The third kappa shape index (κ3) is 3.26. The average molecular weight is 241 g/mol. The predicted octanol–water partition coefficient (Wildman–Crippen LogP) is 0.205. The quantitative estimate of drug-likeness (QED) is 0.818. The van der Waals surface area contributed by atoms with Crippen LogP contribution in [0.4, 0.5) is 0 Å². The van der Waals surface area contributed by atoms with E-state index in [0.717, 1.165) is 32.8 Å². The molecule has 0 spiro atoms. The summed E-state index contributed by atoms with van der Waals surface area (Å²) < 4.78 is 5.25. The van der Waals surface area contributed by atoms with Crippen molar-refractivity contribution >= 4 is 17.2 Å². The molecule has 1 aromatic heterocycles. The third-order valence-electron chi connectivity index (χ3n) is 2.44. The molecule has 1 aliphatic rings. The van der Waals surface area contributed by atoms with E-state index in [2.05, 4.69) is 15.2 Å². The summed E-state index contributed by atoms with van der Waals surface area (Å²) in [4.78, 5) is 17.8. The summed E-state index contributed by atoms with van der Waals surface area (Å²) in [6.45, 7) is 5.03. The molecule has 1 aromatic rings. The first-order valence-electron chi connectivity index (χ1n) is 5.34. The monoisotopic (exact) mass is 241 g/mol. The van der Waals surface area contributed by atoms with Crippen LogP contribution < -0.4 is 5.32 Å². The molecule has 1 aliphatic heterocycles. The van der Waals surface area contributed by atoms with E-state index in [0.29, 0.717) is 11.6 Å². The molecule has 5 nitrogen and oxygen atoms in total. The number of hydrogen-bond donors (Lipinski definition) is 1. The van der Waals surface area contributed by atoms with Gasteiger partial charge in [-0.3, -0.25) is 9.69 Å². The Kier molecular flexibility index (Phi) is 4.26. The van der Waals surface area contributed by atoms with Crippen LogP contribution in [0.1, 0.15) is 9.80 Å². The van der Waals surface area contributed by atoms with Gasteiger partial charge in [-0.25, -0.2) is 4.98 Å². The van der Waals surface area contributed by atoms with Crippen molar-refractivity contribution in [2.75, 3.05) is 39.4 Å². The Bertz CT molecular complexity index is 323. The van der Waals surface area contributed by atoms with Crippen LogP contribution in [0, 0.1) is 0 Å². The van der Waals surface area contributed by atoms with E-state index < -0.39 is 0 Å². The lowest BCUT2D eigenvalue weighted by atomic mass is 10.4. The molecular weight excluding hydrogens is 226 g/mol. The maximum atomic E-state index is 11.5. The minimum Gasteiger partial charge on any atom is -0.379 e. The summed E-state index contributed by atoms with van der Waals surface area (Å²) in [5, 5.41) is 5.19. The van der Waals surface area contributed by atoms with Gasteiger partial charge in [-0.15, -0.1) is 11.3 Å². The van der Waals surface area contributed by atoms with Gasteiger partial charge in [0.25, 0.3) is 5.91 Å². The minimum atomic E-state index is -0.0803. The van der Waals surface area contributed by atoms with Crippen molar-refractivity contribution in [3.63, 3.8) is 0 Å². The van der Waals surface area contributed by atoms with Crippen LogP contribution in [0.25, 0.3) is 0 Å². The van der Waals surface area contributed by atoms with Crippen LogP contribution in [-0.2, 0) is 4.74 Å². The first kappa shape index (κ1) is 11.5. The lowest BCUT2D eigenvalue weighted by Gasteiger charge is -2.26. The number of rotatable bonds is 4. The highest BCUT2D eigenvalue weighted by atomic mass is 32.1. The summed E-state index contributed by atoms with van der Waals surface area (Å²) in [5.74, 6) is -0.0803. The van der Waals surface area contributed by atoms with E-state index in [-0.39, 0.29) is 5.91 Å². The fourth-order valence-corrected chi connectivity index (χ4v) is 2.12. The van der Waals surface area contributed by atoms with Crippen LogP contribution in [0.5, 0.6) is 0 Å². The zero-order valence-electron chi connectivity index (χ0n) is 9.02. The van der Waals surface area contributed by atoms with Gasteiger partial charge in [0, 0.05) is 37.8 Å². The van der Waals surface area contributed by atoms with Crippen molar-refractivity contribution in [3.05, 3.63) is 16.6 Å². The second-order valence-corrected chi connectivity index (χ2v) is 4.44. The van der Waals surface area contributed by atoms with Crippen LogP contribution in [-0.4, -0.2) is 55.2 Å². The smallest absolute Gasteiger partial charge is 0.280 e. The molecule has 0 radical (unpaired) electrons. The van der Waals surface area contributed by atoms with Crippen LogP contribution in [0.2, 0.25) is 0 Å². The molecule has 6 heteroatoms. The molecule has 0 unspecified atom stereocenters. The van der Waals surface area contributed by atoms with Gasteiger partial charge in [-0.05, 0) is 0 Å². The molecule has 0 aliphatic carbocycles. The molecule has 2 heterocycles. The first-order valence-corrected chi connectivity index (χ1v) is 6.22. The number of aromatic nitrogens is 1. The fourth-order valence-electron chi connectivity index (χ4n) is 1.56. The largest absolute Gasteiger partial charge is 0.379 e. The molecule has 2 rings (SSSR count). The lowest BCUT2D eigenvalue weighted by Crippen LogP contribution is -2.41. The SMILES string of the molecule is O=C(NCCN1CCOCC1)c1nccs1. The summed E-state index contributed by atoms with van der Waals surface area (Å²) in [7, 11) is 0. The number of ether oxygens (including phenoxy) is 1. The van der Waals surface area contributed by atoms with E-state index in [1.54, 1.807) is 11.6 Å². The second kappa shape index (κ2) is 5.93. The number of carbonyl (C=O) groups excluding carboxylic acids is 1. The predicted molar refractivity (Wildman–Crippen MR) is 61.7 cm³/mol. The molecule has 0 atom stereocenters. The van der Waals surface area contributed by atoms with E-state index in [1.165, 1.54) is 11.3 Å². The number of hydrogen-bond acceptors (Lipinski definition) is 5. The second-order valence-electron chi connectivity index (χ2n) is 3.55. The molecule has 1 fully saturated rings. The average Bonchev–Trinajstić information content (AvgIpc) is 2.84. The molecule has 1 N–H and O–H groups in total. The molecule has 88 valence electrons. The summed E-state index contributed by atoms with van der Waals surface area (Å²) in [6.07, 6.45) is 1.64. The number of amides is 1. The van der Waals surface area contributed by atoms with Gasteiger partial charge in [0.15, 0.2) is 5.01 Å². The first-order chi connectivity index (χ1) is 7.86. The van der Waals surface area contributed by atoms with Crippen molar-refractivity contribution in [1.82, 2.24) is 15.2 Å². The van der Waals surface area contributed by atoms with Gasteiger partial charge in [-0.2, -0.15) is 0 Å². The molecule has 1 amide bonds. The zero-order valence-corrected chi connectivity index (χ0v) is 9.83. The molecule has 0 saturated carbocycles. The van der Waals surface area contributed by atoms with E-state index in [1.807, 2.05) is 0 Å². The Morgan fingerprint density at radius 1 is 1.56 bits per heavy atom. The van der Waals surface area contributed by atoms with E-state index >= 15 is 0 Å². The Balaban J connectivity index is 1.66. The van der Waals surface area contributed by atoms with Gasteiger partial charge in [0.05, 0.1) is 13.2 Å². The highest BCUT2D eigenvalue weighted by Crippen LogP contribution is 2.02. The normalized spacial score (nSPS) is 17.2. The third-order valence-corrected chi connectivity index (χ3v) is 3.22. The van der Waals surface area contributed by atoms with Crippen molar-refractivity contribution < 1.29 is 9.53 Å². The van der Waals surface area contributed by atoms with Crippen LogP contribution in [0.15, 0.2) is 11.6 Å². The van der Waals surface area contributed by atoms with Crippen molar-refractivity contribution in [1.29, 1.82) is 0 Å². The number of thiazole rings is 1. The number of carbonyl (C=O) groups is 1. The summed E-state index contributed by atoms with van der Waals surface area (Å²) >= 11 is 1.36. The van der Waals surface area contributed by atoms with Crippen LogP contribution in [0.3, 0.4) is 0 Å². The zero-order chi connectivity index (χ0) is 11.2. The van der Waals surface area contributed by atoms with Gasteiger partial charge in [0.1, 0.15) is 0 Å². The van der Waals surface area contributed by atoms with E-state index in [9.17, 15) is 4.79 Å². The summed E-state index contributed by atoms with van der Waals surface area (Å²) in [6, 6.07) is 0. The number of nitrogens with zero attached hydrogens (tertiary/aromatic N) is 2. The van der Waals surface area contributed by atoms with Crippen molar-refractivity contribution in [2.45, 2.75) is 0 Å². The van der Waals surface area contributed by atoms with Crippen molar-refractivity contribution in [2.24, 2.45) is 0 Å². The Hall–Kier alpha value is -0.980. The topological polar surface area (TPSA) is 54.5 Å². The van der Waals surface area contributed by atoms with Crippen molar-refractivity contribution in [3.8, 4) is 0 Å². The molecular formula is C10H15N3O2S. The minimum absolute atomic E-state index is 0.0803. The van der Waals surface area contributed by atoms with Crippen LogP contribution >= 0.6 is 11.3 Å². The Morgan fingerprint density at radius 3 is 3.06 bits per heavy atom. The van der Waals surface area contributed by atoms with E-state index in [4.69, 9.17) is 4.74 Å². The van der Waals surface area contributed by atoms with Gasteiger partial charge >= 0.3 is 0 Å². The highest BCUT2D eigenvalue weighted by molar-refractivity contribution is 7.11. The van der Waals surface area contributed by atoms with Gasteiger partial charge < -0.3 is 10.1 Å². The van der Waals surface area contributed by atoms with Gasteiger partial charge in [0.2, 0.25) is 0 Å². The Labute approximate surface area is 98.4 Å². The highest BCUT2D eigenvalue weighted by Gasteiger charge is 2.11. The number of morpholine rings is 1. The van der Waals surface area contributed by atoms with Gasteiger partial charge in [-0.1, -0.05) is 0 Å². The summed E-state index contributed by atoms with van der Waals surface area (Å²) in [5.41, 5.74) is 0.